The normalized spacial score (nSPS) is 21.2. The first-order valence-electron chi connectivity index (χ1n) is 6.26. The standard InChI is InChI=1S/C12H17BN4O2/c1-11(2)12(3,4)19-13(18-11)8-6-5-7-17-9(8)15-10(14)16-17/h5-7H,1-4H3,(H2,14,16). The van der Waals surface area contributed by atoms with Crippen LogP contribution in [0.4, 0.5) is 5.95 Å². The third-order valence-corrected chi connectivity index (χ3v) is 3.92. The predicted octanol–water partition coefficient (Wildman–Crippen LogP) is 0.611. The van der Waals surface area contributed by atoms with E-state index >= 15 is 0 Å². The molecule has 3 rings (SSSR count). The molecule has 0 spiro atoms. The van der Waals surface area contributed by atoms with Gasteiger partial charge in [0.2, 0.25) is 5.95 Å². The molecule has 1 fully saturated rings. The second-order valence-corrected chi connectivity index (χ2v) is 5.79. The van der Waals surface area contributed by atoms with Crippen LogP contribution >= 0.6 is 0 Å². The van der Waals surface area contributed by atoms with Gasteiger partial charge >= 0.3 is 7.12 Å². The summed E-state index contributed by atoms with van der Waals surface area (Å²) in [6.45, 7) is 8.08. The summed E-state index contributed by atoms with van der Waals surface area (Å²) in [5.74, 6) is 0.240. The Hall–Kier alpha value is -1.60. The van der Waals surface area contributed by atoms with Crippen molar-refractivity contribution in [2.24, 2.45) is 0 Å². The number of nitrogens with zero attached hydrogens (tertiary/aromatic N) is 3. The average Bonchev–Trinajstić information content (AvgIpc) is 2.75. The maximum absolute atomic E-state index is 6.02. The number of aromatic nitrogens is 3. The molecule has 100 valence electrons. The second kappa shape index (κ2) is 3.71. The van der Waals surface area contributed by atoms with Crippen molar-refractivity contribution < 1.29 is 9.31 Å². The van der Waals surface area contributed by atoms with E-state index in [1.54, 1.807) is 10.7 Å². The molecule has 19 heavy (non-hydrogen) atoms. The van der Waals surface area contributed by atoms with Crippen molar-refractivity contribution in [3.8, 4) is 0 Å². The van der Waals surface area contributed by atoms with Crippen LogP contribution in [0.1, 0.15) is 27.7 Å². The summed E-state index contributed by atoms with van der Waals surface area (Å²) in [5.41, 5.74) is 6.39. The van der Waals surface area contributed by atoms with E-state index in [2.05, 4.69) is 10.1 Å². The highest BCUT2D eigenvalue weighted by atomic mass is 16.7. The van der Waals surface area contributed by atoms with E-state index in [4.69, 9.17) is 15.0 Å². The van der Waals surface area contributed by atoms with Crippen LogP contribution in [-0.2, 0) is 9.31 Å². The third-order valence-electron chi connectivity index (χ3n) is 3.92. The van der Waals surface area contributed by atoms with Gasteiger partial charge in [-0.3, -0.25) is 0 Å². The van der Waals surface area contributed by atoms with Gasteiger partial charge in [-0.2, -0.15) is 4.98 Å². The largest absolute Gasteiger partial charge is 0.498 e. The van der Waals surface area contributed by atoms with Crippen LogP contribution < -0.4 is 11.2 Å². The van der Waals surface area contributed by atoms with Gasteiger partial charge in [-0.25, -0.2) is 4.52 Å². The third kappa shape index (κ3) is 1.81. The number of nitrogens with two attached hydrogens (primary N) is 1. The molecular formula is C12H17BN4O2. The topological polar surface area (TPSA) is 74.7 Å². The molecule has 0 amide bonds. The van der Waals surface area contributed by atoms with Gasteiger partial charge in [-0.1, -0.05) is 6.07 Å². The number of hydrogen-bond donors (Lipinski definition) is 1. The number of rotatable bonds is 1. The minimum absolute atomic E-state index is 0.240. The quantitative estimate of drug-likeness (QED) is 0.760. The van der Waals surface area contributed by atoms with E-state index in [1.807, 2.05) is 39.8 Å². The summed E-state index contributed by atoms with van der Waals surface area (Å²) in [7, 11) is -0.461. The zero-order valence-corrected chi connectivity index (χ0v) is 11.5. The fraction of sp³-hybridized carbons (Fsp3) is 0.500. The summed E-state index contributed by atoms with van der Waals surface area (Å²) in [6.07, 6.45) is 1.80. The molecule has 1 aliphatic heterocycles. The molecule has 0 unspecified atom stereocenters. The van der Waals surface area contributed by atoms with E-state index in [0.29, 0.717) is 5.65 Å². The predicted molar refractivity (Wildman–Crippen MR) is 73.1 cm³/mol. The molecule has 0 atom stereocenters. The van der Waals surface area contributed by atoms with Crippen LogP contribution in [0, 0.1) is 0 Å². The number of nitrogen functional groups attached to an aromatic ring is 1. The smallest absolute Gasteiger partial charge is 0.399 e. The minimum Gasteiger partial charge on any atom is -0.399 e. The van der Waals surface area contributed by atoms with Gasteiger partial charge in [0.1, 0.15) is 0 Å². The molecule has 1 saturated heterocycles. The van der Waals surface area contributed by atoms with Gasteiger partial charge in [-0.15, -0.1) is 5.10 Å². The summed E-state index contributed by atoms with van der Waals surface area (Å²) >= 11 is 0. The van der Waals surface area contributed by atoms with Gasteiger partial charge in [0.05, 0.1) is 11.2 Å². The Morgan fingerprint density at radius 1 is 1.21 bits per heavy atom. The van der Waals surface area contributed by atoms with E-state index in [1.165, 1.54) is 0 Å². The van der Waals surface area contributed by atoms with Crippen LogP contribution in [0.15, 0.2) is 18.3 Å². The van der Waals surface area contributed by atoms with Crippen molar-refractivity contribution >= 4 is 24.2 Å². The summed E-state index contributed by atoms with van der Waals surface area (Å²) in [6, 6.07) is 3.80. The zero-order valence-electron chi connectivity index (χ0n) is 11.5. The lowest BCUT2D eigenvalue weighted by molar-refractivity contribution is 0.00578. The molecule has 2 N–H and O–H groups in total. The monoisotopic (exact) mass is 260 g/mol. The second-order valence-electron chi connectivity index (χ2n) is 5.79. The van der Waals surface area contributed by atoms with E-state index in [9.17, 15) is 0 Å². The van der Waals surface area contributed by atoms with Gasteiger partial charge in [0.25, 0.3) is 0 Å². The molecule has 0 bridgehead atoms. The molecule has 2 aromatic heterocycles. The molecule has 0 radical (unpaired) electrons. The van der Waals surface area contributed by atoms with Crippen molar-refractivity contribution in [3.05, 3.63) is 18.3 Å². The van der Waals surface area contributed by atoms with Crippen molar-refractivity contribution in [3.63, 3.8) is 0 Å². The maximum Gasteiger partial charge on any atom is 0.498 e. The molecule has 3 heterocycles. The molecule has 2 aromatic rings. The highest BCUT2D eigenvalue weighted by Crippen LogP contribution is 2.36. The van der Waals surface area contributed by atoms with Crippen LogP contribution in [0.5, 0.6) is 0 Å². The minimum atomic E-state index is -0.461. The first kappa shape index (κ1) is 12.4. The van der Waals surface area contributed by atoms with Crippen molar-refractivity contribution in [1.82, 2.24) is 14.6 Å². The first-order chi connectivity index (χ1) is 8.80. The fourth-order valence-electron chi connectivity index (χ4n) is 2.10. The van der Waals surface area contributed by atoms with Gasteiger partial charge in [0.15, 0.2) is 5.65 Å². The van der Waals surface area contributed by atoms with E-state index < -0.39 is 7.12 Å². The Morgan fingerprint density at radius 2 is 1.84 bits per heavy atom. The van der Waals surface area contributed by atoms with Gasteiger partial charge in [-0.05, 0) is 33.8 Å². The highest BCUT2D eigenvalue weighted by Gasteiger charge is 2.52. The lowest BCUT2D eigenvalue weighted by Gasteiger charge is -2.32. The van der Waals surface area contributed by atoms with Crippen molar-refractivity contribution in [2.45, 2.75) is 38.9 Å². The SMILES string of the molecule is CC1(C)OB(c2cccn3nc(N)nc23)OC1(C)C. The fourth-order valence-corrected chi connectivity index (χ4v) is 2.10. The number of hydrogen-bond acceptors (Lipinski definition) is 5. The van der Waals surface area contributed by atoms with Crippen LogP contribution in [0.3, 0.4) is 0 Å². The van der Waals surface area contributed by atoms with E-state index in [-0.39, 0.29) is 17.2 Å². The molecule has 0 aromatic carbocycles. The Bertz CT molecular complexity index is 622. The number of fused-ring (bicyclic) bond motifs is 1. The zero-order chi connectivity index (χ0) is 13.8. The molecule has 7 heteroatoms. The molecule has 1 aliphatic rings. The van der Waals surface area contributed by atoms with Crippen molar-refractivity contribution in [2.75, 3.05) is 5.73 Å². The van der Waals surface area contributed by atoms with E-state index in [0.717, 1.165) is 5.46 Å². The Labute approximate surface area is 112 Å². The molecule has 0 saturated carbocycles. The number of pyridine rings is 1. The number of anilines is 1. The van der Waals surface area contributed by atoms with Crippen LogP contribution in [0.25, 0.3) is 5.65 Å². The highest BCUT2D eigenvalue weighted by molar-refractivity contribution is 6.64. The summed E-state index contributed by atoms with van der Waals surface area (Å²) in [5, 5.41) is 4.09. The molecule has 0 aliphatic carbocycles. The first-order valence-corrected chi connectivity index (χ1v) is 6.26. The Morgan fingerprint density at radius 3 is 2.47 bits per heavy atom. The van der Waals surface area contributed by atoms with Crippen LogP contribution in [0.2, 0.25) is 0 Å². The summed E-state index contributed by atoms with van der Waals surface area (Å²) < 4.78 is 13.7. The Kier molecular flexibility index (Phi) is 2.43. The maximum atomic E-state index is 6.02. The lowest BCUT2D eigenvalue weighted by Crippen LogP contribution is -2.41. The van der Waals surface area contributed by atoms with Crippen molar-refractivity contribution in [1.29, 1.82) is 0 Å². The molecular weight excluding hydrogens is 243 g/mol. The lowest BCUT2D eigenvalue weighted by atomic mass is 9.80. The Balaban J connectivity index is 2.07. The van der Waals surface area contributed by atoms with Gasteiger partial charge in [0, 0.05) is 11.7 Å². The van der Waals surface area contributed by atoms with Crippen LogP contribution in [-0.4, -0.2) is 32.9 Å². The van der Waals surface area contributed by atoms with Gasteiger partial charge < -0.3 is 15.0 Å². The summed E-state index contributed by atoms with van der Waals surface area (Å²) in [4.78, 5) is 4.22. The molecule has 6 nitrogen and oxygen atoms in total. The average molecular weight is 260 g/mol.